The zero-order valence-corrected chi connectivity index (χ0v) is 19.6. The van der Waals surface area contributed by atoms with Crippen molar-refractivity contribution in [3.05, 3.63) is 72.4 Å². The molecule has 35 heavy (non-hydrogen) atoms. The van der Waals surface area contributed by atoms with Crippen LogP contribution in [0.2, 0.25) is 0 Å². The van der Waals surface area contributed by atoms with E-state index in [0.29, 0.717) is 28.8 Å². The summed E-state index contributed by atoms with van der Waals surface area (Å²) in [6, 6.07) is 14.3. The van der Waals surface area contributed by atoms with Crippen molar-refractivity contribution in [1.82, 2.24) is 25.1 Å². The van der Waals surface area contributed by atoms with Gasteiger partial charge in [0.25, 0.3) is 5.91 Å². The van der Waals surface area contributed by atoms with Gasteiger partial charge in [-0.3, -0.25) is 4.79 Å². The smallest absolute Gasteiger partial charge is 0.261 e. The highest BCUT2D eigenvalue weighted by Crippen LogP contribution is 2.38. The van der Waals surface area contributed by atoms with Crippen LogP contribution in [0, 0.1) is 0 Å². The van der Waals surface area contributed by atoms with Crippen LogP contribution in [0.1, 0.15) is 11.3 Å². The van der Waals surface area contributed by atoms with E-state index in [1.54, 1.807) is 62.8 Å². The van der Waals surface area contributed by atoms with E-state index < -0.39 is 0 Å². The summed E-state index contributed by atoms with van der Waals surface area (Å²) in [6.45, 7) is 0.386. The fourth-order valence-corrected chi connectivity index (χ4v) is 3.48. The second kappa shape index (κ2) is 11.1. The maximum atomic E-state index is 13.2. The third-order valence-electron chi connectivity index (χ3n) is 5.19. The summed E-state index contributed by atoms with van der Waals surface area (Å²) in [4.78, 5) is 14.8. The molecule has 0 saturated carbocycles. The minimum absolute atomic E-state index is 0.157. The molecule has 0 N–H and O–H groups in total. The van der Waals surface area contributed by atoms with Crippen molar-refractivity contribution in [2.24, 2.45) is 0 Å². The molecule has 2 heterocycles. The van der Waals surface area contributed by atoms with Crippen molar-refractivity contribution in [1.29, 1.82) is 0 Å². The lowest BCUT2D eigenvalue weighted by Gasteiger charge is -2.23. The number of furan rings is 1. The van der Waals surface area contributed by atoms with Crippen LogP contribution in [0.5, 0.6) is 23.0 Å². The van der Waals surface area contributed by atoms with Crippen molar-refractivity contribution in [3.8, 4) is 28.7 Å². The Labute approximate surface area is 201 Å². The first-order chi connectivity index (χ1) is 17.1. The summed E-state index contributed by atoms with van der Waals surface area (Å²) in [6.07, 6.45) is 3.06. The lowest BCUT2D eigenvalue weighted by molar-refractivity contribution is -0.134. The minimum atomic E-state index is -0.222. The van der Waals surface area contributed by atoms with Crippen LogP contribution in [-0.2, 0) is 17.9 Å². The molecule has 11 nitrogen and oxygen atoms in total. The van der Waals surface area contributed by atoms with Crippen molar-refractivity contribution in [2.75, 3.05) is 27.9 Å². The third kappa shape index (κ3) is 5.69. The van der Waals surface area contributed by atoms with Crippen LogP contribution in [-0.4, -0.2) is 59.0 Å². The van der Waals surface area contributed by atoms with Crippen molar-refractivity contribution in [2.45, 2.75) is 13.1 Å². The van der Waals surface area contributed by atoms with Gasteiger partial charge in [-0.2, -0.15) is 0 Å². The van der Waals surface area contributed by atoms with Gasteiger partial charge in [-0.05, 0) is 64.5 Å². The van der Waals surface area contributed by atoms with Crippen molar-refractivity contribution in [3.63, 3.8) is 0 Å². The maximum absolute atomic E-state index is 13.2. The number of rotatable bonds is 11. The van der Waals surface area contributed by atoms with E-state index in [2.05, 4.69) is 15.5 Å². The first-order valence-electron chi connectivity index (χ1n) is 10.7. The van der Waals surface area contributed by atoms with Crippen molar-refractivity contribution < 1.29 is 28.2 Å². The van der Waals surface area contributed by atoms with Crippen LogP contribution in [0.3, 0.4) is 0 Å². The van der Waals surface area contributed by atoms with Gasteiger partial charge >= 0.3 is 0 Å². The zero-order valence-electron chi connectivity index (χ0n) is 19.6. The van der Waals surface area contributed by atoms with Gasteiger partial charge in [0.2, 0.25) is 5.75 Å². The number of ether oxygens (including phenoxy) is 4. The Morgan fingerprint density at radius 3 is 2.31 bits per heavy atom. The maximum Gasteiger partial charge on any atom is 0.261 e. The number of aromatic nitrogens is 4. The van der Waals surface area contributed by atoms with Gasteiger partial charge in [0.05, 0.1) is 39.8 Å². The van der Waals surface area contributed by atoms with E-state index in [4.69, 9.17) is 23.4 Å². The summed E-state index contributed by atoms with van der Waals surface area (Å²) >= 11 is 0. The molecule has 0 fully saturated rings. The normalized spacial score (nSPS) is 10.6. The molecule has 4 rings (SSSR count). The number of hydrogen-bond donors (Lipinski definition) is 0. The van der Waals surface area contributed by atoms with Gasteiger partial charge in [0, 0.05) is 6.54 Å². The van der Waals surface area contributed by atoms with Gasteiger partial charge in [0.15, 0.2) is 18.1 Å². The Morgan fingerprint density at radius 2 is 1.74 bits per heavy atom. The van der Waals surface area contributed by atoms with E-state index in [1.807, 2.05) is 18.2 Å². The predicted molar refractivity (Wildman–Crippen MR) is 124 cm³/mol. The average Bonchev–Trinajstić information content (AvgIpc) is 3.61. The molecule has 0 bridgehead atoms. The molecule has 0 aliphatic heterocycles. The number of benzene rings is 2. The highest BCUT2D eigenvalue weighted by Gasteiger charge is 2.20. The quantitative estimate of drug-likeness (QED) is 0.320. The Balaban J connectivity index is 1.49. The second-order valence-corrected chi connectivity index (χ2v) is 7.40. The van der Waals surface area contributed by atoms with Gasteiger partial charge in [-0.15, -0.1) is 5.10 Å². The Kier molecular flexibility index (Phi) is 7.46. The van der Waals surface area contributed by atoms with E-state index >= 15 is 0 Å². The van der Waals surface area contributed by atoms with Crippen LogP contribution in [0.25, 0.3) is 5.69 Å². The molecule has 0 spiro atoms. The summed E-state index contributed by atoms with van der Waals surface area (Å²) in [5.74, 6) is 2.46. The van der Waals surface area contributed by atoms with Gasteiger partial charge in [0.1, 0.15) is 17.8 Å². The highest BCUT2D eigenvalue weighted by molar-refractivity contribution is 5.77. The number of methoxy groups -OCH3 is 3. The van der Waals surface area contributed by atoms with Gasteiger partial charge in [-0.25, -0.2) is 4.68 Å². The first-order valence-corrected chi connectivity index (χ1v) is 10.7. The van der Waals surface area contributed by atoms with E-state index in [-0.39, 0.29) is 25.6 Å². The number of carbonyl (C=O) groups excluding carboxylic acids is 1. The predicted octanol–water partition coefficient (Wildman–Crippen LogP) is 2.89. The van der Waals surface area contributed by atoms with E-state index in [1.165, 1.54) is 11.0 Å². The second-order valence-electron chi connectivity index (χ2n) is 7.40. The molecular weight excluding hydrogens is 454 g/mol. The molecule has 0 aliphatic carbocycles. The molecule has 4 aromatic rings. The molecule has 0 atom stereocenters. The van der Waals surface area contributed by atoms with Crippen molar-refractivity contribution >= 4 is 5.91 Å². The summed E-state index contributed by atoms with van der Waals surface area (Å²) < 4.78 is 29.0. The molecule has 1 amide bonds. The number of nitrogens with zero attached hydrogens (tertiary/aromatic N) is 5. The molecule has 182 valence electrons. The van der Waals surface area contributed by atoms with Gasteiger partial charge in [-0.1, -0.05) is 0 Å². The Hall–Kier alpha value is -4.54. The summed E-state index contributed by atoms with van der Waals surface area (Å²) in [5.41, 5.74) is 1.57. The molecule has 11 heteroatoms. The topological polar surface area (TPSA) is 114 Å². The zero-order chi connectivity index (χ0) is 24.6. The minimum Gasteiger partial charge on any atom is -0.493 e. The van der Waals surface area contributed by atoms with E-state index in [0.717, 1.165) is 11.3 Å². The molecular formula is C24H25N5O6. The first kappa shape index (κ1) is 23.6. The molecule has 0 saturated heterocycles. The van der Waals surface area contributed by atoms with E-state index in [9.17, 15) is 4.79 Å². The fourth-order valence-electron chi connectivity index (χ4n) is 3.48. The number of carbonyl (C=O) groups is 1. The Morgan fingerprint density at radius 1 is 1.00 bits per heavy atom. The molecule has 0 unspecified atom stereocenters. The Bertz CT molecular complexity index is 1200. The molecule has 0 aliphatic rings. The number of hydrogen-bond acceptors (Lipinski definition) is 9. The molecule has 0 radical (unpaired) electrons. The lowest BCUT2D eigenvalue weighted by Crippen LogP contribution is -2.34. The monoisotopic (exact) mass is 479 g/mol. The van der Waals surface area contributed by atoms with Gasteiger partial charge < -0.3 is 28.3 Å². The summed E-state index contributed by atoms with van der Waals surface area (Å²) in [5, 5.41) is 11.1. The largest absolute Gasteiger partial charge is 0.493 e. The standard InChI is InChI=1S/C24H25N5O6/c1-31-21-11-17(12-22(32-2)24(21)33-3)13-28(14-20-5-4-10-34-20)23(30)15-35-19-8-6-18(7-9-19)29-16-25-26-27-29/h4-12,16H,13-15H2,1-3H3. The molecule has 2 aromatic heterocycles. The SMILES string of the molecule is COc1cc(CN(Cc2ccco2)C(=O)COc2ccc(-n3cnnn3)cc2)cc(OC)c1OC. The molecule has 2 aromatic carbocycles. The van der Waals surface area contributed by atoms with Crippen LogP contribution in [0.4, 0.5) is 0 Å². The number of tetrazole rings is 1. The third-order valence-corrected chi connectivity index (χ3v) is 5.19. The van der Waals surface area contributed by atoms with Crippen LogP contribution < -0.4 is 18.9 Å². The van der Waals surface area contributed by atoms with Crippen LogP contribution in [0.15, 0.2) is 65.5 Å². The van der Waals surface area contributed by atoms with Crippen LogP contribution >= 0.6 is 0 Å². The summed E-state index contributed by atoms with van der Waals surface area (Å²) in [7, 11) is 4.64. The fraction of sp³-hybridized carbons (Fsp3) is 0.250. The lowest BCUT2D eigenvalue weighted by atomic mass is 10.1. The average molecular weight is 479 g/mol. The highest BCUT2D eigenvalue weighted by atomic mass is 16.5. The number of amides is 1.